The molecule has 18 heavy (non-hydrogen) atoms. The largest absolute Gasteiger partial charge is 0.496 e. The molecule has 0 aliphatic carbocycles. The highest BCUT2D eigenvalue weighted by Gasteiger charge is 2.06. The van der Waals surface area contributed by atoms with Crippen LogP contribution in [0.4, 0.5) is 0 Å². The van der Waals surface area contributed by atoms with E-state index in [2.05, 4.69) is 0 Å². The van der Waals surface area contributed by atoms with Crippen molar-refractivity contribution >= 4 is 23.2 Å². The number of methoxy groups -OCH3 is 1. The van der Waals surface area contributed by atoms with Crippen molar-refractivity contribution < 1.29 is 9.47 Å². The third kappa shape index (κ3) is 3.09. The van der Waals surface area contributed by atoms with Crippen LogP contribution in [0.3, 0.4) is 0 Å². The van der Waals surface area contributed by atoms with E-state index in [1.807, 2.05) is 30.3 Å². The normalized spacial score (nSPS) is 10.2. The van der Waals surface area contributed by atoms with E-state index >= 15 is 0 Å². The van der Waals surface area contributed by atoms with Crippen molar-refractivity contribution in [2.24, 2.45) is 0 Å². The first-order chi connectivity index (χ1) is 8.70. The molecule has 4 heteroatoms. The fourth-order valence-electron chi connectivity index (χ4n) is 1.58. The first-order valence-electron chi connectivity index (χ1n) is 5.40. The molecule has 0 saturated heterocycles. The maximum Gasteiger partial charge on any atom is 0.138 e. The van der Waals surface area contributed by atoms with Gasteiger partial charge in [0.2, 0.25) is 0 Å². The number of ether oxygens (including phenoxy) is 2. The molecular formula is C14H12Cl2O2. The van der Waals surface area contributed by atoms with Gasteiger partial charge in [0, 0.05) is 10.6 Å². The average Bonchev–Trinajstić information content (AvgIpc) is 2.38. The number of hydrogen-bond acceptors (Lipinski definition) is 2. The van der Waals surface area contributed by atoms with Crippen LogP contribution in [0, 0.1) is 0 Å². The van der Waals surface area contributed by atoms with E-state index in [0.29, 0.717) is 22.4 Å². The number of para-hydroxylation sites is 1. The van der Waals surface area contributed by atoms with E-state index < -0.39 is 0 Å². The van der Waals surface area contributed by atoms with Crippen LogP contribution in [0.1, 0.15) is 5.56 Å². The van der Waals surface area contributed by atoms with Crippen molar-refractivity contribution in [2.75, 3.05) is 7.11 Å². The molecule has 0 aromatic heterocycles. The Balaban J connectivity index is 2.15. The third-order valence-corrected chi connectivity index (χ3v) is 3.01. The highest BCUT2D eigenvalue weighted by atomic mass is 35.5. The van der Waals surface area contributed by atoms with Gasteiger partial charge in [-0.25, -0.2) is 0 Å². The minimum atomic E-state index is 0.355. The lowest BCUT2D eigenvalue weighted by Crippen LogP contribution is -1.99. The molecule has 0 radical (unpaired) electrons. The Morgan fingerprint density at radius 1 is 1.00 bits per heavy atom. The van der Waals surface area contributed by atoms with Gasteiger partial charge in [0.1, 0.15) is 18.1 Å². The zero-order valence-corrected chi connectivity index (χ0v) is 11.3. The summed E-state index contributed by atoms with van der Waals surface area (Å²) in [5.41, 5.74) is 0.880. The van der Waals surface area contributed by atoms with E-state index in [4.69, 9.17) is 32.7 Å². The smallest absolute Gasteiger partial charge is 0.138 e. The molecule has 0 spiro atoms. The van der Waals surface area contributed by atoms with Crippen molar-refractivity contribution in [3.63, 3.8) is 0 Å². The second kappa shape index (κ2) is 5.98. The Hall–Kier alpha value is -1.38. The summed E-state index contributed by atoms with van der Waals surface area (Å²) < 4.78 is 10.9. The van der Waals surface area contributed by atoms with Gasteiger partial charge in [0.05, 0.1) is 12.1 Å². The Kier molecular flexibility index (Phi) is 4.34. The predicted octanol–water partition coefficient (Wildman–Crippen LogP) is 4.58. The highest BCUT2D eigenvalue weighted by Crippen LogP contribution is 2.27. The van der Waals surface area contributed by atoms with Crippen LogP contribution in [0.2, 0.25) is 10.0 Å². The lowest BCUT2D eigenvalue weighted by atomic mass is 10.2. The summed E-state index contributed by atoms with van der Waals surface area (Å²) in [6.45, 7) is 0.355. The summed E-state index contributed by atoms with van der Waals surface area (Å²) in [6, 6.07) is 12.7. The minimum absolute atomic E-state index is 0.355. The number of halogens is 2. The predicted molar refractivity (Wildman–Crippen MR) is 73.8 cm³/mol. The lowest BCUT2D eigenvalue weighted by Gasteiger charge is -2.11. The molecule has 2 aromatic carbocycles. The molecule has 2 nitrogen and oxygen atoms in total. The molecule has 2 rings (SSSR count). The van der Waals surface area contributed by atoms with E-state index in [-0.39, 0.29) is 0 Å². The monoisotopic (exact) mass is 282 g/mol. The number of rotatable bonds is 4. The topological polar surface area (TPSA) is 18.5 Å². The van der Waals surface area contributed by atoms with Gasteiger partial charge in [-0.05, 0) is 30.3 Å². The van der Waals surface area contributed by atoms with Gasteiger partial charge in [-0.15, -0.1) is 0 Å². The number of hydrogen-bond donors (Lipinski definition) is 0. The Morgan fingerprint density at radius 2 is 1.78 bits per heavy atom. The van der Waals surface area contributed by atoms with E-state index in [1.165, 1.54) is 0 Å². The molecular weight excluding hydrogens is 271 g/mol. The Labute approximate surface area is 116 Å². The summed E-state index contributed by atoms with van der Waals surface area (Å²) in [7, 11) is 1.61. The fourth-order valence-corrected chi connectivity index (χ4v) is 1.96. The second-order valence-corrected chi connectivity index (χ2v) is 4.52. The maximum absolute atomic E-state index is 6.01. The Bertz CT molecular complexity index is 541. The van der Waals surface area contributed by atoms with Crippen molar-refractivity contribution in [1.82, 2.24) is 0 Å². The van der Waals surface area contributed by atoms with Gasteiger partial charge >= 0.3 is 0 Å². The van der Waals surface area contributed by atoms with Crippen LogP contribution in [0.15, 0.2) is 42.5 Å². The lowest BCUT2D eigenvalue weighted by molar-refractivity contribution is 0.297. The molecule has 0 aliphatic heterocycles. The SMILES string of the molecule is COc1ccc(Cl)cc1COc1ccccc1Cl. The summed E-state index contributed by atoms with van der Waals surface area (Å²) in [5, 5.41) is 1.23. The first-order valence-corrected chi connectivity index (χ1v) is 6.16. The van der Waals surface area contributed by atoms with Gasteiger partial charge in [-0.3, -0.25) is 0 Å². The third-order valence-electron chi connectivity index (χ3n) is 2.46. The molecule has 2 aromatic rings. The van der Waals surface area contributed by atoms with Crippen molar-refractivity contribution in [3.8, 4) is 11.5 Å². The van der Waals surface area contributed by atoms with Crippen molar-refractivity contribution in [1.29, 1.82) is 0 Å². The van der Waals surface area contributed by atoms with Crippen LogP contribution < -0.4 is 9.47 Å². The molecule has 0 amide bonds. The highest BCUT2D eigenvalue weighted by molar-refractivity contribution is 6.32. The van der Waals surface area contributed by atoms with E-state index in [1.54, 1.807) is 19.2 Å². The van der Waals surface area contributed by atoms with Crippen LogP contribution in [0.25, 0.3) is 0 Å². The summed E-state index contributed by atoms with van der Waals surface area (Å²) in [6.07, 6.45) is 0. The quantitative estimate of drug-likeness (QED) is 0.817. The molecule has 0 aliphatic rings. The number of benzene rings is 2. The summed E-state index contributed by atoms with van der Waals surface area (Å²) >= 11 is 12.0. The fraction of sp³-hybridized carbons (Fsp3) is 0.143. The maximum atomic E-state index is 6.01. The van der Waals surface area contributed by atoms with Crippen LogP contribution in [-0.4, -0.2) is 7.11 Å². The summed E-state index contributed by atoms with van der Waals surface area (Å²) in [4.78, 5) is 0. The molecule has 0 unspecified atom stereocenters. The second-order valence-electron chi connectivity index (χ2n) is 3.68. The molecule has 0 bridgehead atoms. The van der Waals surface area contributed by atoms with Crippen molar-refractivity contribution in [2.45, 2.75) is 6.61 Å². The van der Waals surface area contributed by atoms with Gasteiger partial charge in [-0.2, -0.15) is 0 Å². The average molecular weight is 283 g/mol. The molecule has 0 atom stereocenters. The van der Waals surface area contributed by atoms with Gasteiger partial charge in [0.25, 0.3) is 0 Å². The Morgan fingerprint density at radius 3 is 2.50 bits per heavy atom. The molecule has 94 valence electrons. The zero-order valence-electron chi connectivity index (χ0n) is 9.82. The van der Waals surface area contributed by atoms with Crippen LogP contribution in [0.5, 0.6) is 11.5 Å². The van der Waals surface area contributed by atoms with Crippen LogP contribution >= 0.6 is 23.2 Å². The van der Waals surface area contributed by atoms with Gasteiger partial charge < -0.3 is 9.47 Å². The molecule has 0 heterocycles. The van der Waals surface area contributed by atoms with Crippen LogP contribution in [-0.2, 0) is 6.61 Å². The van der Waals surface area contributed by atoms with Crippen molar-refractivity contribution in [3.05, 3.63) is 58.1 Å². The molecule has 0 fully saturated rings. The summed E-state index contributed by atoms with van der Waals surface area (Å²) in [5.74, 6) is 1.38. The standard InChI is InChI=1S/C14H12Cl2O2/c1-17-13-7-6-11(15)8-10(13)9-18-14-5-3-2-4-12(14)16/h2-8H,9H2,1H3. The first kappa shape index (κ1) is 13.1. The molecule has 0 saturated carbocycles. The minimum Gasteiger partial charge on any atom is -0.496 e. The zero-order chi connectivity index (χ0) is 13.0. The van der Waals surface area contributed by atoms with Gasteiger partial charge in [-0.1, -0.05) is 35.3 Å². The van der Waals surface area contributed by atoms with E-state index in [9.17, 15) is 0 Å². The molecule has 0 N–H and O–H groups in total. The van der Waals surface area contributed by atoms with E-state index in [0.717, 1.165) is 11.3 Å². The van der Waals surface area contributed by atoms with Gasteiger partial charge in [0.15, 0.2) is 0 Å².